The second-order valence-electron chi connectivity index (χ2n) is 6.72. The van der Waals surface area contributed by atoms with E-state index in [1.807, 2.05) is 23.2 Å². The van der Waals surface area contributed by atoms with Gasteiger partial charge in [-0.05, 0) is 6.07 Å². The molecule has 4 N–H and O–H groups in total. The van der Waals surface area contributed by atoms with E-state index < -0.39 is 0 Å². The molecule has 0 atom stereocenters. The van der Waals surface area contributed by atoms with Gasteiger partial charge in [0.15, 0.2) is 6.54 Å². The topological polar surface area (TPSA) is 85.2 Å². The van der Waals surface area contributed by atoms with Gasteiger partial charge in [0.25, 0.3) is 11.7 Å². The van der Waals surface area contributed by atoms with E-state index in [1.54, 1.807) is 0 Å². The molecule has 1 aromatic rings. The summed E-state index contributed by atoms with van der Waals surface area (Å²) in [6.07, 6.45) is 3.52. The highest BCUT2D eigenvalue weighted by Crippen LogP contribution is 2.10. The number of anilines is 1. The quantitative estimate of drug-likeness (QED) is 0.664. The Morgan fingerprint density at radius 1 is 1.17 bits per heavy atom. The van der Waals surface area contributed by atoms with Gasteiger partial charge in [-0.2, -0.15) is 0 Å². The zero-order valence-corrected chi connectivity index (χ0v) is 14.0. The highest BCUT2D eigenvalue weighted by Gasteiger charge is 2.31. The standard InChI is InChI=1S/C17H25N5O2/c18-17(24)14-4-7-20(8-5-14)13-16(23)22-11-9-21(10-12-22)15-3-1-2-6-19-15/h1-3,6,14H,4-5,7-13H2,(H2,18,24)/p+2. The van der Waals surface area contributed by atoms with Gasteiger partial charge in [-0.3, -0.25) is 14.5 Å². The Hall–Kier alpha value is -2.15. The van der Waals surface area contributed by atoms with Gasteiger partial charge in [-0.1, -0.05) is 6.07 Å². The maximum absolute atomic E-state index is 12.5. The van der Waals surface area contributed by atoms with E-state index in [1.165, 1.54) is 4.90 Å². The molecule has 0 aromatic carbocycles. The van der Waals surface area contributed by atoms with Crippen LogP contribution in [0, 0.1) is 5.92 Å². The van der Waals surface area contributed by atoms with Gasteiger partial charge < -0.3 is 15.5 Å². The third-order valence-electron chi connectivity index (χ3n) is 5.16. The number of hydrogen-bond donors (Lipinski definition) is 2. The van der Waals surface area contributed by atoms with Crippen molar-refractivity contribution in [2.24, 2.45) is 11.7 Å². The molecule has 0 bridgehead atoms. The van der Waals surface area contributed by atoms with E-state index in [0.717, 1.165) is 57.9 Å². The summed E-state index contributed by atoms with van der Waals surface area (Å²) in [5, 5.41) is 0. The number of aromatic amines is 1. The van der Waals surface area contributed by atoms with Crippen LogP contribution in [-0.2, 0) is 9.59 Å². The number of piperazine rings is 1. The van der Waals surface area contributed by atoms with Crippen LogP contribution in [0.2, 0.25) is 0 Å². The van der Waals surface area contributed by atoms with Crippen LogP contribution in [0.4, 0.5) is 5.82 Å². The third kappa shape index (κ3) is 4.03. The van der Waals surface area contributed by atoms with Crippen LogP contribution in [0.25, 0.3) is 0 Å². The summed E-state index contributed by atoms with van der Waals surface area (Å²) in [7, 11) is 0. The number of piperidine rings is 1. The second kappa shape index (κ2) is 7.61. The number of nitrogens with zero attached hydrogens (tertiary/aromatic N) is 2. The predicted molar refractivity (Wildman–Crippen MR) is 89.3 cm³/mol. The Morgan fingerprint density at radius 3 is 2.46 bits per heavy atom. The molecule has 3 heterocycles. The average Bonchev–Trinajstić information content (AvgIpc) is 2.63. The monoisotopic (exact) mass is 333 g/mol. The van der Waals surface area contributed by atoms with Crippen molar-refractivity contribution in [2.45, 2.75) is 12.8 Å². The number of primary amides is 1. The van der Waals surface area contributed by atoms with E-state index in [0.29, 0.717) is 6.54 Å². The number of nitrogens with two attached hydrogens (primary N) is 1. The fourth-order valence-corrected chi connectivity index (χ4v) is 3.59. The highest BCUT2D eigenvalue weighted by molar-refractivity contribution is 5.78. The van der Waals surface area contributed by atoms with E-state index in [9.17, 15) is 9.59 Å². The lowest BCUT2D eigenvalue weighted by atomic mass is 9.96. The van der Waals surface area contributed by atoms with Gasteiger partial charge in [0, 0.05) is 24.8 Å². The number of rotatable bonds is 4. The van der Waals surface area contributed by atoms with Gasteiger partial charge >= 0.3 is 0 Å². The molecular weight excluding hydrogens is 306 g/mol. The molecule has 7 heteroatoms. The lowest BCUT2D eigenvalue weighted by Crippen LogP contribution is -3.14. The summed E-state index contributed by atoms with van der Waals surface area (Å²) < 4.78 is 0. The lowest BCUT2D eigenvalue weighted by molar-refractivity contribution is -0.898. The average molecular weight is 333 g/mol. The molecule has 2 fully saturated rings. The normalized spacial score (nSPS) is 24.7. The van der Waals surface area contributed by atoms with E-state index >= 15 is 0 Å². The maximum atomic E-state index is 12.5. The van der Waals surface area contributed by atoms with E-state index in [-0.39, 0.29) is 17.7 Å². The van der Waals surface area contributed by atoms with Crippen LogP contribution in [0.15, 0.2) is 24.4 Å². The minimum Gasteiger partial charge on any atom is -0.369 e. The van der Waals surface area contributed by atoms with Crippen molar-refractivity contribution < 1.29 is 19.5 Å². The molecule has 0 saturated carbocycles. The van der Waals surface area contributed by atoms with E-state index in [2.05, 4.69) is 16.0 Å². The Bertz CT molecular complexity index is 564. The molecule has 2 aliphatic rings. The largest absolute Gasteiger partial charge is 0.369 e. The first-order valence-corrected chi connectivity index (χ1v) is 8.76. The Balaban J connectivity index is 1.43. The first-order chi connectivity index (χ1) is 11.6. The number of carbonyl (C=O) groups excluding carboxylic acids is 2. The molecule has 2 saturated heterocycles. The first kappa shape index (κ1) is 16.7. The fourth-order valence-electron chi connectivity index (χ4n) is 3.59. The smallest absolute Gasteiger partial charge is 0.278 e. The zero-order chi connectivity index (χ0) is 16.9. The highest BCUT2D eigenvalue weighted by atomic mass is 16.2. The van der Waals surface area contributed by atoms with Crippen LogP contribution in [0.1, 0.15) is 12.8 Å². The Labute approximate surface area is 142 Å². The number of nitrogens with one attached hydrogen (secondary N) is 2. The van der Waals surface area contributed by atoms with Crippen LogP contribution in [-0.4, -0.2) is 62.5 Å². The number of amides is 2. The van der Waals surface area contributed by atoms with Crippen molar-refractivity contribution in [3.8, 4) is 0 Å². The van der Waals surface area contributed by atoms with Crippen molar-refractivity contribution in [3.63, 3.8) is 0 Å². The van der Waals surface area contributed by atoms with Crippen molar-refractivity contribution >= 4 is 17.6 Å². The lowest BCUT2D eigenvalue weighted by Gasteiger charge is -2.33. The summed E-state index contributed by atoms with van der Waals surface area (Å²) in [5.74, 6) is 1.12. The molecule has 0 spiro atoms. The Morgan fingerprint density at radius 2 is 1.88 bits per heavy atom. The zero-order valence-electron chi connectivity index (χ0n) is 14.0. The second-order valence-corrected chi connectivity index (χ2v) is 6.72. The van der Waals surface area contributed by atoms with Crippen LogP contribution in [0.3, 0.4) is 0 Å². The number of H-pyrrole nitrogens is 1. The van der Waals surface area contributed by atoms with Gasteiger partial charge in [0.05, 0.1) is 32.4 Å². The van der Waals surface area contributed by atoms with E-state index in [4.69, 9.17) is 5.73 Å². The Kier molecular flexibility index (Phi) is 5.30. The molecule has 24 heavy (non-hydrogen) atoms. The molecule has 0 aliphatic carbocycles. The number of carbonyl (C=O) groups is 2. The SMILES string of the molecule is NC(=O)C1CC[NH+](CC(=O)N2CCN(c3cccc[nH+]3)CC2)CC1. The van der Waals surface area contributed by atoms with Crippen LogP contribution >= 0.6 is 0 Å². The van der Waals surface area contributed by atoms with Gasteiger partial charge in [0.1, 0.15) is 13.1 Å². The number of aromatic nitrogens is 1. The summed E-state index contributed by atoms with van der Waals surface area (Å²) in [6.45, 7) is 5.48. The number of quaternary nitrogens is 1. The molecule has 3 rings (SSSR count). The summed E-state index contributed by atoms with van der Waals surface area (Å²) in [6, 6.07) is 6.04. The van der Waals surface area contributed by atoms with Gasteiger partial charge in [-0.25, -0.2) is 4.98 Å². The van der Waals surface area contributed by atoms with Crippen molar-refractivity contribution in [1.29, 1.82) is 0 Å². The minimum atomic E-state index is -0.200. The van der Waals surface area contributed by atoms with Gasteiger partial charge in [-0.15, -0.1) is 0 Å². The maximum Gasteiger partial charge on any atom is 0.278 e. The third-order valence-corrected chi connectivity index (χ3v) is 5.16. The molecule has 130 valence electrons. The molecule has 0 unspecified atom stereocenters. The number of hydrogen-bond acceptors (Lipinski definition) is 3. The van der Waals surface area contributed by atoms with Crippen LogP contribution in [0.5, 0.6) is 0 Å². The predicted octanol–water partition coefficient (Wildman–Crippen LogP) is -2.07. The number of likely N-dealkylation sites (tertiary alicyclic amines) is 1. The van der Waals surface area contributed by atoms with Crippen molar-refractivity contribution in [3.05, 3.63) is 24.4 Å². The van der Waals surface area contributed by atoms with Crippen molar-refractivity contribution in [1.82, 2.24) is 4.90 Å². The molecule has 0 radical (unpaired) electrons. The number of pyridine rings is 1. The molecule has 2 amide bonds. The minimum absolute atomic E-state index is 0.00507. The van der Waals surface area contributed by atoms with Gasteiger partial charge in [0.2, 0.25) is 5.91 Å². The molecular formula is C17H27N5O2+2. The van der Waals surface area contributed by atoms with Crippen molar-refractivity contribution in [2.75, 3.05) is 50.7 Å². The fraction of sp³-hybridized carbons (Fsp3) is 0.588. The first-order valence-electron chi connectivity index (χ1n) is 8.76. The molecule has 7 nitrogen and oxygen atoms in total. The summed E-state index contributed by atoms with van der Waals surface area (Å²) in [5.41, 5.74) is 5.36. The molecule has 1 aromatic heterocycles. The molecule has 2 aliphatic heterocycles. The van der Waals surface area contributed by atoms with Crippen LogP contribution < -0.4 is 20.5 Å². The summed E-state index contributed by atoms with van der Waals surface area (Å²) in [4.78, 5) is 32.5. The summed E-state index contributed by atoms with van der Waals surface area (Å²) >= 11 is 0.